The minimum Gasteiger partial charge on any atom is -0.466 e. The molecule has 4 heterocycles. The normalized spacial score (nSPS) is 18.5. The average molecular weight is 803 g/mol. The highest BCUT2D eigenvalue weighted by molar-refractivity contribution is 8.50. The fourth-order valence-electron chi connectivity index (χ4n) is 3.82. The van der Waals surface area contributed by atoms with Gasteiger partial charge in [0.1, 0.15) is 4.91 Å². The van der Waals surface area contributed by atoms with Crippen molar-refractivity contribution in [1.29, 1.82) is 0 Å². The van der Waals surface area contributed by atoms with Crippen LogP contribution in [0, 0.1) is 0 Å². The molecule has 0 atom stereocenters. The Morgan fingerprint density at radius 1 is 0.568 bits per heavy atom. The molecule has 0 amide bonds. The van der Waals surface area contributed by atoms with Crippen LogP contribution < -0.4 is 0 Å². The molecule has 0 unspecified atom stereocenters. The lowest BCUT2D eigenvalue weighted by molar-refractivity contribution is -0.142. The van der Waals surface area contributed by atoms with E-state index in [-0.39, 0.29) is 11.9 Å². The van der Waals surface area contributed by atoms with Crippen LogP contribution in [-0.4, -0.2) is 42.9 Å². The number of ether oxygens (including phenoxy) is 2. The van der Waals surface area contributed by atoms with E-state index in [0.29, 0.717) is 23.7 Å². The predicted octanol–water partition coefficient (Wildman–Crippen LogP) is 13.1. The highest BCUT2D eigenvalue weighted by Gasteiger charge is 2.38. The predicted molar refractivity (Wildman–Crippen MR) is 215 cm³/mol. The van der Waals surface area contributed by atoms with Gasteiger partial charge in [0.25, 0.3) is 0 Å². The molecule has 0 saturated heterocycles. The molecule has 4 aliphatic heterocycles. The van der Waals surface area contributed by atoms with E-state index >= 15 is 0 Å². The molecule has 0 N–H and O–H groups in total. The van der Waals surface area contributed by atoms with Crippen LogP contribution in [0.5, 0.6) is 0 Å². The summed E-state index contributed by atoms with van der Waals surface area (Å²) in [6, 6.07) is 0. The summed E-state index contributed by atoms with van der Waals surface area (Å²) >= 11 is 20.3. The third kappa shape index (κ3) is 11.5. The molecule has 0 fully saturated rings. The first-order chi connectivity index (χ1) is 21.5. The van der Waals surface area contributed by atoms with Gasteiger partial charge in [0.15, 0.2) is 0 Å². The average Bonchev–Trinajstić information content (AvgIpc) is 3.79. The highest BCUT2D eigenvalue weighted by atomic mass is 32.3. The summed E-state index contributed by atoms with van der Waals surface area (Å²) in [5.74, 6) is 2.47. The molecule has 44 heavy (non-hydrogen) atoms. The van der Waals surface area contributed by atoms with Crippen LogP contribution in [-0.2, 0) is 19.1 Å². The molecule has 0 spiro atoms. The molecule has 0 saturated carbocycles. The SMILES string of the molecule is CCCCCCSC1=C(SCCCCCC)SC(=C2SC3=C(S2)SC(=C2SC(SCCC(=O)OCC)=C(C(=O)OC)S2)S3)S1. The summed E-state index contributed by atoms with van der Waals surface area (Å²) in [6.45, 7) is 6.74. The third-order valence-corrected chi connectivity index (χ3v) is 22.4. The van der Waals surface area contributed by atoms with Crippen molar-refractivity contribution in [1.82, 2.24) is 0 Å². The Bertz CT molecular complexity index is 1170. The number of carbonyl (C=O) groups excluding carboxylic acids is 2. The molecule has 0 aliphatic carbocycles. The number of hydrogen-bond acceptors (Lipinski definition) is 15. The van der Waals surface area contributed by atoms with Gasteiger partial charge in [0.2, 0.25) is 0 Å². The largest absolute Gasteiger partial charge is 0.466 e. The fourth-order valence-corrected chi connectivity index (χ4v) is 20.8. The van der Waals surface area contributed by atoms with E-state index < -0.39 is 0 Å². The van der Waals surface area contributed by atoms with E-state index in [1.807, 2.05) is 77.5 Å². The second kappa shape index (κ2) is 20.9. The van der Waals surface area contributed by atoms with Crippen LogP contribution in [0.1, 0.15) is 78.6 Å². The Morgan fingerprint density at radius 3 is 1.50 bits per heavy atom. The van der Waals surface area contributed by atoms with Gasteiger partial charge in [0, 0.05) is 5.75 Å². The van der Waals surface area contributed by atoms with Crippen molar-refractivity contribution in [2.24, 2.45) is 0 Å². The zero-order chi connectivity index (χ0) is 31.3. The maximum Gasteiger partial charge on any atom is 0.346 e. The van der Waals surface area contributed by atoms with Crippen molar-refractivity contribution in [2.45, 2.75) is 78.6 Å². The topological polar surface area (TPSA) is 52.6 Å². The molecule has 4 rings (SSSR count). The molecule has 4 aliphatic rings. The summed E-state index contributed by atoms with van der Waals surface area (Å²) < 4.78 is 22.0. The van der Waals surface area contributed by atoms with Crippen LogP contribution in [0.3, 0.4) is 0 Å². The van der Waals surface area contributed by atoms with Gasteiger partial charge in [-0.1, -0.05) is 146 Å². The summed E-state index contributed by atoms with van der Waals surface area (Å²) in [5, 5.41) is 0. The van der Waals surface area contributed by atoms with Gasteiger partial charge in [-0.2, -0.15) is 0 Å². The Morgan fingerprint density at radius 2 is 1.02 bits per heavy atom. The van der Waals surface area contributed by atoms with Gasteiger partial charge in [-0.15, -0.1) is 35.3 Å². The number of hydrogen-bond donors (Lipinski definition) is 0. The van der Waals surface area contributed by atoms with Crippen molar-refractivity contribution in [3.05, 3.63) is 43.0 Å². The van der Waals surface area contributed by atoms with E-state index in [9.17, 15) is 9.59 Å². The number of esters is 2. The quantitative estimate of drug-likeness (QED) is 0.0975. The minimum absolute atomic E-state index is 0.208. The Hall–Kier alpha value is 1.49. The van der Waals surface area contributed by atoms with Gasteiger partial charge in [-0.25, -0.2) is 4.79 Å². The first-order valence-electron chi connectivity index (χ1n) is 14.7. The van der Waals surface area contributed by atoms with E-state index in [1.54, 1.807) is 11.8 Å². The van der Waals surface area contributed by atoms with Crippen molar-refractivity contribution in [2.75, 3.05) is 31.0 Å². The van der Waals surface area contributed by atoms with Crippen LogP contribution in [0.15, 0.2) is 43.0 Å². The van der Waals surface area contributed by atoms with E-state index in [0.717, 1.165) is 8.47 Å². The maximum absolute atomic E-state index is 12.6. The number of thioether (sulfide) groups is 11. The van der Waals surface area contributed by atoms with Gasteiger partial charge in [0.05, 0.1) is 58.3 Å². The Kier molecular flexibility index (Phi) is 18.2. The molecule has 0 aromatic heterocycles. The smallest absolute Gasteiger partial charge is 0.346 e. The van der Waals surface area contributed by atoms with Crippen molar-refractivity contribution in [3.63, 3.8) is 0 Å². The molecule has 4 nitrogen and oxygen atoms in total. The monoisotopic (exact) mass is 802 g/mol. The van der Waals surface area contributed by atoms with E-state index in [4.69, 9.17) is 9.47 Å². The van der Waals surface area contributed by atoms with Crippen LogP contribution in [0.25, 0.3) is 0 Å². The third-order valence-electron chi connectivity index (χ3n) is 6.02. The molecule has 0 aromatic carbocycles. The Balaban J connectivity index is 1.34. The van der Waals surface area contributed by atoms with Crippen LogP contribution >= 0.6 is 129 Å². The minimum atomic E-state index is -0.318. The number of rotatable bonds is 18. The standard InChI is InChI=1S/C29H38O4S11/c1-5-8-10-12-15-34-22-23(35-16-13-11-9-6-2)40-26(39-22)27-43-28-29(44-27)42-25(41-28)24-37-19(20(31)32-4)21(38-24)36-17-14-18(30)33-7-3/h5-17H2,1-4H3. The van der Waals surface area contributed by atoms with Crippen LogP contribution in [0.4, 0.5) is 0 Å². The molecule has 0 bridgehead atoms. The van der Waals surface area contributed by atoms with Crippen LogP contribution in [0.2, 0.25) is 0 Å². The van der Waals surface area contributed by atoms with Crippen molar-refractivity contribution in [3.8, 4) is 0 Å². The van der Waals surface area contributed by atoms with Gasteiger partial charge in [-0.3, -0.25) is 4.79 Å². The summed E-state index contributed by atoms with van der Waals surface area (Å²) in [4.78, 5) is 25.0. The summed E-state index contributed by atoms with van der Waals surface area (Å²) in [6.07, 6.45) is 10.8. The summed E-state index contributed by atoms with van der Waals surface area (Å²) in [7, 11) is 1.42. The first-order valence-corrected chi connectivity index (χ1v) is 24.2. The maximum atomic E-state index is 12.6. The fraction of sp³-hybridized carbons (Fsp3) is 0.586. The lowest BCUT2D eigenvalue weighted by Crippen LogP contribution is -2.05. The summed E-state index contributed by atoms with van der Waals surface area (Å²) in [5.41, 5.74) is 0. The zero-order valence-electron chi connectivity index (χ0n) is 25.3. The Labute approximate surface area is 309 Å². The van der Waals surface area contributed by atoms with Gasteiger partial charge < -0.3 is 9.47 Å². The number of carbonyl (C=O) groups is 2. The van der Waals surface area contributed by atoms with E-state index in [1.165, 1.54) is 123 Å². The first kappa shape index (κ1) is 38.3. The molecular weight excluding hydrogens is 765 g/mol. The number of methoxy groups -OCH3 is 1. The van der Waals surface area contributed by atoms with Gasteiger partial charge in [-0.05, 0) is 31.3 Å². The zero-order valence-corrected chi connectivity index (χ0v) is 34.3. The molecular formula is C29H38O4S11. The second-order valence-electron chi connectivity index (χ2n) is 9.45. The second-order valence-corrected chi connectivity index (χ2v) is 23.3. The lowest BCUT2D eigenvalue weighted by atomic mass is 10.2. The van der Waals surface area contributed by atoms with Crippen molar-refractivity contribution >= 4 is 141 Å². The van der Waals surface area contributed by atoms with Crippen molar-refractivity contribution < 1.29 is 19.1 Å². The van der Waals surface area contributed by atoms with Gasteiger partial charge >= 0.3 is 11.9 Å². The van der Waals surface area contributed by atoms with E-state index in [2.05, 4.69) is 37.4 Å². The molecule has 244 valence electrons. The highest BCUT2D eigenvalue weighted by Crippen LogP contribution is 2.73. The lowest BCUT2D eigenvalue weighted by Gasteiger charge is -2.07. The molecule has 15 heteroatoms. The molecule has 0 radical (unpaired) electrons. The molecule has 0 aromatic rings. The number of unbranched alkanes of at least 4 members (excludes halogenated alkanes) is 6.